The quantitative estimate of drug-likeness (QED) is 0.904. The maximum absolute atomic E-state index is 11.5. The summed E-state index contributed by atoms with van der Waals surface area (Å²) < 4.78 is 34.1. The van der Waals surface area contributed by atoms with Crippen molar-refractivity contribution in [2.75, 3.05) is 7.11 Å². The molecule has 2 aromatic rings. The third kappa shape index (κ3) is 3.27. The molecule has 20 heavy (non-hydrogen) atoms. The molecule has 106 valence electrons. The minimum absolute atomic E-state index is 0.0825. The second kappa shape index (κ2) is 5.78. The van der Waals surface area contributed by atoms with Gasteiger partial charge in [0.05, 0.1) is 11.6 Å². The van der Waals surface area contributed by atoms with Crippen LogP contribution < -0.4 is 14.6 Å². The molecule has 0 aliphatic heterocycles. The van der Waals surface area contributed by atoms with Crippen molar-refractivity contribution in [2.24, 2.45) is 5.14 Å². The number of halogens is 1. The molecular formula is C12H11BrN2O4S. The van der Waals surface area contributed by atoms with E-state index in [0.717, 1.165) is 0 Å². The summed E-state index contributed by atoms with van der Waals surface area (Å²) in [6.07, 6.45) is 1.42. The molecule has 0 amide bonds. The van der Waals surface area contributed by atoms with Gasteiger partial charge in [0.1, 0.15) is 16.4 Å². The Kier molecular flexibility index (Phi) is 4.26. The Bertz CT molecular complexity index is 734. The van der Waals surface area contributed by atoms with Gasteiger partial charge in [0.2, 0.25) is 15.9 Å². The average Bonchev–Trinajstić information content (AvgIpc) is 2.40. The van der Waals surface area contributed by atoms with Gasteiger partial charge in [0.15, 0.2) is 0 Å². The van der Waals surface area contributed by atoms with Crippen LogP contribution in [0.2, 0.25) is 0 Å². The smallest absolute Gasteiger partial charge is 0.243 e. The third-order valence-electron chi connectivity index (χ3n) is 2.39. The Morgan fingerprint density at radius 1 is 1.30 bits per heavy atom. The van der Waals surface area contributed by atoms with Crippen molar-refractivity contribution in [1.82, 2.24) is 4.98 Å². The van der Waals surface area contributed by atoms with Crippen LogP contribution in [0.15, 0.2) is 45.9 Å². The fourth-order valence-electron chi connectivity index (χ4n) is 1.46. The lowest BCUT2D eigenvalue weighted by Crippen LogP contribution is -2.13. The van der Waals surface area contributed by atoms with Gasteiger partial charge >= 0.3 is 0 Å². The fourth-order valence-corrected chi connectivity index (χ4v) is 2.51. The van der Waals surface area contributed by atoms with E-state index in [4.69, 9.17) is 14.6 Å². The number of nitrogens with two attached hydrogens (primary N) is 1. The molecule has 6 nitrogen and oxygen atoms in total. The summed E-state index contributed by atoms with van der Waals surface area (Å²) in [5.74, 6) is 0.951. The van der Waals surface area contributed by atoms with E-state index in [1.807, 2.05) is 0 Å². The Morgan fingerprint density at radius 3 is 2.65 bits per heavy atom. The minimum Gasteiger partial charge on any atom is -0.497 e. The van der Waals surface area contributed by atoms with Crippen LogP contribution in [0.3, 0.4) is 0 Å². The molecule has 0 atom stereocenters. The molecular weight excluding hydrogens is 348 g/mol. The van der Waals surface area contributed by atoms with Crippen molar-refractivity contribution < 1.29 is 17.9 Å². The lowest BCUT2D eigenvalue weighted by Gasteiger charge is -2.10. The molecule has 0 unspecified atom stereocenters. The Labute approximate surface area is 124 Å². The van der Waals surface area contributed by atoms with Crippen LogP contribution in [0.1, 0.15) is 0 Å². The number of sulfonamides is 1. The second-order valence-corrected chi connectivity index (χ2v) is 6.13. The van der Waals surface area contributed by atoms with E-state index in [-0.39, 0.29) is 10.8 Å². The summed E-state index contributed by atoms with van der Waals surface area (Å²) in [6.45, 7) is 0. The van der Waals surface area contributed by atoms with Crippen molar-refractivity contribution in [1.29, 1.82) is 0 Å². The van der Waals surface area contributed by atoms with Crippen molar-refractivity contribution in [3.8, 4) is 17.4 Å². The van der Waals surface area contributed by atoms with Crippen LogP contribution in [-0.4, -0.2) is 20.5 Å². The van der Waals surface area contributed by atoms with Gasteiger partial charge in [-0.3, -0.25) is 0 Å². The monoisotopic (exact) mass is 358 g/mol. The van der Waals surface area contributed by atoms with Crippen LogP contribution in [0.25, 0.3) is 0 Å². The highest BCUT2D eigenvalue weighted by atomic mass is 79.9. The zero-order valence-electron chi connectivity index (χ0n) is 10.4. The summed E-state index contributed by atoms with van der Waals surface area (Å²) in [5, 5.41) is 5.12. The van der Waals surface area contributed by atoms with Crippen LogP contribution in [-0.2, 0) is 10.0 Å². The predicted molar refractivity (Wildman–Crippen MR) is 76.4 cm³/mol. The van der Waals surface area contributed by atoms with Crippen LogP contribution in [0.5, 0.6) is 17.4 Å². The van der Waals surface area contributed by atoms with Gasteiger partial charge in [0, 0.05) is 6.20 Å². The molecule has 0 aliphatic carbocycles. The van der Waals surface area contributed by atoms with Crippen LogP contribution in [0.4, 0.5) is 0 Å². The lowest BCUT2D eigenvalue weighted by molar-refractivity contribution is 0.410. The number of pyridine rings is 1. The molecule has 0 saturated heterocycles. The predicted octanol–water partition coefficient (Wildman–Crippen LogP) is 2.29. The van der Waals surface area contributed by atoms with E-state index in [1.165, 1.54) is 18.3 Å². The number of methoxy groups -OCH3 is 1. The highest BCUT2D eigenvalue weighted by molar-refractivity contribution is 9.10. The summed E-state index contributed by atoms with van der Waals surface area (Å²) in [7, 11) is -2.36. The lowest BCUT2D eigenvalue weighted by atomic mass is 10.3. The van der Waals surface area contributed by atoms with E-state index >= 15 is 0 Å². The second-order valence-electron chi connectivity index (χ2n) is 3.75. The van der Waals surface area contributed by atoms with Gasteiger partial charge < -0.3 is 9.47 Å². The molecule has 0 spiro atoms. The van der Waals surface area contributed by atoms with Crippen LogP contribution in [0, 0.1) is 0 Å². The van der Waals surface area contributed by atoms with Crippen molar-refractivity contribution in [3.63, 3.8) is 0 Å². The first-order chi connectivity index (χ1) is 9.41. The minimum atomic E-state index is -3.91. The fraction of sp³-hybridized carbons (Fsp3) is 0.0833. The molecule has 1 heterocycles. The molecule has 2 N–H and O–H groups in total. The van der Waals surface area contributed by atoms with Gasteiger partial charge in [-0.15, -0.1) is 0 Å². The normalized spacial score (nSPS) is 11.2. The van der Waals surface area contributed by atoms with Gasteiger partial charge in [-0.1, -0.05) is 0 Å². The van der Waals surface area contributed by atoms with Crippen LogP contribution >= 0.6 is 15.9 Å². The van der Waals surface area contributed by atoms with E-state index in [0.29, 0.717) is 16.0 Å². The average molecular weight is 359 g/mol. The maximum Gasteiger partial charge on any atom is 0.243 e. The zero-order chi connectivity index (χ0) is 14.8. The van der Waals surface area contributed by atoms with Gasteiger partial charge in [-0.2, -0.15) is 0 Å². The molecule has 0 radical (unpaired) electrons. The van der Waals surface area contributed by atoms with Crippen molar-refractivity contribution in [2.45, 2.75) is 4.90 Å². The number of benzene rings is 1. The van der Waals surface area contributed by atoms with Crippen molar-refractivity contribution >= 4 is 26.0 Å². The standard InChI is InChI=1S/C12H11BrN2O4S/c1-18-8-4-5-10(9(13)7-8)19-12-11(20(14,16)17)3-2-6-15-12/h2-7H,1H3,(H2,14,16,17). The number of nitrogens with zero attached hydrogens (tertiary/aromatic N) is 1. The van der Waals surface area contributed by atoms with Gasteiger partial charge in [-0.25, -0.2) is 18.5 Å². The summed E-state index contributed by atoms with van der Waals surface area (Å²) >= 11 is 3.31. The number of aromatic nitrogens is 1. The first kappa shape index (κ1) is 14.8. The third-order valence-corrected chi connectivity index (χ3v) is 3.93. The van der Waals surface area contributed by atoms with E-state index in [1.54, 1.807) is 25.3 Å². The van der Waals surface area contributed by atoms with E-state index in [9.17, 15) is 8.42 Å². The Balaban J connectivity index is 2.41. The number of hydrogen-bond donors (Lipinski definition) is 1. The molecule has 8 heteroatoms. The summed E-state index contributed by atoms with van der Waals surface area (Å²) in [4.78, 5) is 3.71. The highest BCUT2D eigenvalue weighted by Crippen LogP contribution is 2.33. The first-order valence-corrected chi connectivity index (χ1v) is 7.75. The Hall–Kier alpha value is -1.64. The summed E-state index contributed by atoms with van der Waals surface area (Å²) in [5.41, 5.74) is 0. The molecule has 0 fully saturated rings. The molecule has 1 aromatic carbocycles. The maximum atomic E-state index is 11.5. The molecule has 1 aromatic heterocycles. The van der Waals surface area contributed by atoms with E-state index < -0.39 is 10.0 Å². The largest absolute Gasteiger partial charge is 0.497 e. The highest BCUT2D eigenvalue weighted by Gasteiger charge is 2.17. The molecule has 0 saturated carbocycles. The SMILES string of the molecule is COc1ccc(Oc2ncccc2S(N)(=O)=O)c(Br)c1. The Morgan fingerprint density at radius 2 is 2.05 bits per heavy atom. The van der Waals surface area contributed by atoms with Gasteiger partial charge in [0.25, 0.3) is 0 Å². The molecule has 0 aliphatic rings. The summed E-state index contributed by atoms with van der Waals surface area (Å²) in [6, 6.07) is 7.80. The first-order valence-electron chi connectivity index (χ1n) is 5.41. The van der Waals surface area contributed by atoms with Crippen molar-refractivity contribution in [3.05, 3.63) is 41.0 Å². The number of ether oxygens (including phenoxy) is 2. The number of hydrogen-bond acceptors (Lipinski definition) is 5. The molecule has 2 rings (SSSR count). The van der Waals surface area contributed by atoms with Gasteiger partial charge in [-0.05, 0) is 46.3 Å². The molecule has 0 bridgehead atoms. The topological polar surface area (TPSA) is 91.5 Å². The number of rotatable bonds is 4. The number of primary sulfonamides is 1. The zero-order valence-corrected chi connectivity index (χ0v) is 12.8. The van der Waals surface area contributed by atoms with E-state index in [2.05, 4.69) is 20.9 Å².